The number of rotatable bonds is 2. The second-order valence-corrected chi connectivity index (χ2v) is 8.09. The summed E-state index contributed by atoms with van der Waals surface area (Å²) in [5.74, 6) is 0.976. The number of nitrogens with one attached hydrogen (secondary N) is 1. The largest absolute Gasteiger partial charge is 0.321 e. The zero-order chi connectivity index (χ0) is 16.5. The van der Waals surface area contributed by atoms with E-state index in [2.05, 4.69) is 9.98 Å². The molecule has 0 amide bonds. The molecular formula is C18H13ClN2OS2. The molecule has 0 spiro atoms. The summed E-state index contributed by atoms with van der Waals surface area (Å²) in [4.78, 5) is 20.9. The van der Waals surface area contributed by atoms with Crippen LogP contribution in [0.25, 0.3) is 22.0 Å². The van der Waals surface area contributed by atoms with Crippen LogP contribution in [0, 0.1) is 0 Å². The van der Waals surface area contributed by atoms with Crippen molar-refractivity contribution >= 4 is 50.4 Å². The molecule has 2 aromatic carbocycles. The summed E-state index contributed by atoms with van der Waals surface area (Å²) in [5, 5.41) is 1.59. The lowest BCUT2D eigenvalue weighted by molar-refractivity contribution is 1.18. The number of aromatic nitrogens is 1. The number of aliphatic imine (C=N–C) groups is 1. The Morgan fingerprint density at radius 2 is 2.00 bits per heavy atom. The van der Waals surface area contributed by atoms with E-state index in [4.69, 9.17) is 11.6 Å². The van der Waals surface area contributed by atoms with E-state index in [0.717, 1.165) is 38.7 Å². The third-order valence-corrected chi connectivity index (χ3v) is 6.24. The molecule has 0 saturated heterocycles. The van der Waals surface area contributed by atoms with Crippen molar-refractivity contribution < 1.29 is 0 Å². The van der Waals surface area contributed by atoms with Gasteiger partial charge in [0.25, 0.3) is 5.56 Å². The maximum atomic E-state index is 12.7. The highest BCUT2D eigenvalue weighted by atomic mass is 35.5. The highest BCUT2D eigenvalue weighted by Crippen LogP contribution is 2.38. The maximum Gasteiger partial charge on any atom is 0.263 e. The van der Waals surface area contributed by atoms with Gasteiger partial charge in [-0.3, -0.25) is 9.79 Å². The minimum atomic E-state index is -0.108. The zero-order valence-corrected chi connectivity index (χ0v) is 15.0. The van der Waals surface area contributed by atoms with Gasteiger partial charge in [-0.1, -0.05) is 71.5 Å². The Bertz CT molecular complexity index is 999. The van der Waals surface area contributed by atoms with Gasteiger partial charge in [0, 0.05) is 21.7 Å². The lowest BCUT2D eigenvalue weighted by Crippen LogP contribution is -2.11. The van der Waals surface area contributed by atoms with Gasteiger partial charge in [-0.15, -0.1) is 0 Å². The fourth-order valence-electron chi connectivity index (χ4n) is 2.71. The van der Waals surface area contributed by atoms with Gasteiger partial charge in [0.15, 0.2) is 0 Å². The molecule has 1 aliphatic heterocycles. The van der Waals surface area contributed by atoms with Crippen LogP contribution in [-0.2, 0) is 0 Å². The molecule has 0 bridgehead atoms. The Morgan fingerprint density at radius 3 is 2.75 bits per heavy atom. The van der Waals surface area contributed by atoms with E-state index in [1.807, 2.05) is 42.5 Å². The van der Waals surface area contributed by atoms with Crippen molar-refractivity contribution in [1.29, 1.82) is 0 Å². The Labute approximate surface area is 152 Å². The Kier molecular flexibility index (Phi) is 4.39. The van der Waals surface area contributed by atoms with Gasteiger partial charge < -0.3 is 4.98 Å². The predicted octanol–water partition coefficient (Wildman–Crippen LogP) is 5.04. The average molecular weight is 373 g/mol. The first-order valence-electron chi connectivity index (χ1n) is 7.48. The molecule has 3 nitrogen and oxygen atoms in total. The number of thioether (sulfide) groups is 2. The minimum Gasteiger partial charge on any atom is -0.321 e. The molecule has 120 valence electrons. The first-order chi connectivity index (χ1) is 11.7. The van der Waals surface area contributed by atoms with Gasteiger partial charge >= 0.3 is 0 Å². The number of hydrogen-bond donors (Lipinski definition) is 1. The van der Waals surface area contributed by atoms with Crippen molar-refractivity contribution in [2.24, 2.45) is 4.99 Å². The third kappa shape index (κ3) is 2.99. The normalized spacial score (nSPS) is 14.1. The van der Waals surface area contributed by atoms with Crippen LogP contribution < -0.4 is 5.56 Å². The van der Waals surface area contributed by atoms with Gasteiger partial charge in [-0.05, 0) is 17.7 Å². The third-order valence-electron chi connectivity index (χ3n) is 3.74. The maximum absolute atomic E-state index is 12.7. The van der Waals surface area contributed by atoms with Crippen molar-refractivity contribution in [3.8, 4) is 11.1 Å². The molecule has 3 aromatic rings. The second-order valence-electron chi connectivity index (χ2n) is 5.31. The number of aromatic amines is 1. The molecule has 1 aliphatic rings. The molecule has 6 heteroatoms. The Morgan fingerprint density at radius 1 is 1.17 bits per heavy atom. The summed E-state index contributed by atoms with van der Waals surface area (Å²) in [7, 11) is 0. The molecule has 2 heterocycles. The van der Waals surface area contributed by atoms with E-state index in [1.54, 1.807) is 17.8 Å². The van der Waals surface area contributed by atoms with E-state index in [-0.39, 0.29) is 5.56 Å². The highest BCUT2D eigenvalue weighted by molar-refractivity contribution is 8.39. The predicted molar refractivity (Wildman–Crippen MR) is 106 cm³/mol. The lowest BCUT2D eigenvalue weighted by atomic mass is 10.0. The van der Waals surface area contributed by atoms with Crippen LogP contribution in [0.15, 0.2) is 63.2 Å². The number of fused-ring (bicyclic) bond motifs is 1. The van der Waals surface area contributed by atoms with Gasteiger partial charge in [-0.25, -0.2) is 0 Å². The summed E-state index contributed by atoms with van der Waals surface area (Å²) >= 11 is 9.25. The number of hydrogen-bond acceptors (Lipinski definition) is 4. The van der Waals surface area contributed by atoms with Gasteiger partial charge in [0.05, 0.1) is 17.0 Å². The number of pyridine rings is 1. The molecule has 0 unspecified atom stereocenters. The van der Waals surface area contributed by atoms with Crippen LogP contribution in [-0.4, -0.2) is 21.7 Å². The molecule has 1 aromatic heterocycles. The molecule has 1 N–H and O–H groups in total. The minimum absolute atomic E-state index is 0.108. The van der Waals surface area contributed by atoms with Crippen molar-refractivity contribution in [1.82, 2.24) is 4.98 Å². The number of nitrogens with zero attached hydrogens (tertiary/aromatic N) is 1. The van der Waals surface area contributed by atoms with Crippen LogP contribution in [0.2, 0.25) is 5.02 Å². The molecule has 0 fully saturated rings. The van der Waals surface area contributed by atoms with Gasteiger partial charge in [0.2, 0.25) is 0 Å². The van der Waals surface area contributed by atoms with Crippen molar-refractivity contribution in [3.63, 3.8) is 0 Å². The van der Waals surface area contributed by atoms with Crippen LogP contribution in [0.5, 0.6) is 0 Å². The summed E-state index contributed by atoms with van der Waals surface area (Å²) < 4.78 is 0.950. The molecule has 24 heavy (non-hydrogen) atoms. The van der Waals surface area contributed by atoms with E-state index in [0.29, 0.717) is 9.92 Å². The van der Waals surface area contributed by atoms with Crippen molar-refractivity contribution in [2.75, 3.05) is 12.3 Å². The standard InChI is InChI=1S/C18H13ClN2OS2/c19-12-6-7-13-14(10-12)21-17(22)16(24-18-20-8-9-23-18)15(13)11-4-2-1-3-5-11/h1-7,10H,8-9H2,(H,21,22). The SMILES string of the molecule is O=c1[nH]c2cc(Cl)ccc2c(-c2ccccc2)c1SC1=NCCS1. The average Bonchev–Trinajstić information content (AvgIpc) is 3.09. The number of halogens is 1. The molecule has 0 saturated carbocycles. The first kappa shape index (κ1) is 15.8. The van der Waals surface area contributed by atoms with E-state index in [1.165, 1.54) is 11.8 Å². The molecule has 0 atom stereocenters. The summed E-state index contributed by atoms with van der Waals surface area (Å²) in [5.41, 5.74) is 2.59. The van der Waals surface area contributed by atoms with Crippen molar-refractivity contribution in [2.45, 2.75) is 4.90 Å². The first-order valence-corrected chi connectivity index (χ1v) is 9.66. The Hall–Kier alpha value is -1.69. The van der Waals surface area contributed by atoms with Crippen LogP contribution in [0.1, 0.15) is 0 Å². The molecule has 0 aliphatic carbocycles. The van der Waals surface area contributed by atoms with Gasteiger partial charge in [-0.2, -0.15) is 0 Å². The highest BCUT2D eigenvalue weighted by Gasteiger charge is 2.19. The fourth-order valence-corrected chi connectivity index (χ4v) is 4.96. The Balaban J connectivity index is 2.01. The number of benzene rings is 2. The monoisotopic (exact) mass is 372 g/mol. The van der Waals surface area contributed by atoms with E-state index in [9.17, 15) is 4.79 Å². The zero-order valence-electron chi connectivity index (χ0n) is 12.6. The fraction of sp³-hybridized carbons (Fsp3) is 0.111. The lowest BCUT2D eigenvalue weighted by Gasteiger charge is -2.12. The summed E-state index contributed by atoms with van der Waals surface area (Å²) in [6.07, 6.45) is 0. The molecule has 0 radical (unpaired) electrons. The second kappa shape index (κ2) is 6.67. The smallest absolute Gasteiger partial charge is 0.263 e. The van der Waals surface area contributed by atoms with Crippen LogP contribution >= 0.6 is 35.1 Å². The van der Waals surface area contributed by atoms with Gasteiger partial charge in [0.1, 0.15) is 4.38 Å². The van der Waals surface area contributed by atoms with Crippen LogP contribution in [0.3, 0.4) is 0 Å². The van der Waals surface area contributed by atoms with Crippen LogP contribution in [0.4, 0.5) is 0 Å². The van der Waals surface area contributed by atoms with E-state index < -0.39 is 0 Å². The molecule has 4 rings (SSSR count). The van der Waals surface area contributed by atoms with Crippen molar-refractivity contribution in [3.05, 3.63) is 63.9 Å². The topological polar surface area (TPSA) is 45.2 Å². The summed E-state index contributed by atoms with van der Waals surface area (Å²) in [6, 6.07) is 15.6. The quantitative estimate of drug-likeness (QED) is 0.685. The number of H-pyrrole nitrogens is 1. The summed E-state index contributed by atoms with van der Waals surface area (Å²) in [6.45, 7) is 0.814. The molecular weight excluding hydrogens is 360 g/mol. The van der Waals surface area contributed by atoms with E-state index >= 15 is 0 Å².